The summed E-state index contributed by atoms with van der Waals surface area (Å²) in [6, 6.07) is 3.32. The summed E-state index contributed by atoms with van der Waals surface area (Å²) in [4.78, 5) is 40.9. The lowest BCUT2D eigenvalue weighted by Crippen LogP contribution is -2.38. The highest BCUT2D eigenvalue weighted by Gasteiger charge is 2.34. The molecule has 122 valence electrons. The largest absolute Gasteiger partial charge is 0.294 e. The van der Waals surface area contributed by atoms with Gasteiger partial charge in [0.05, 0.1) is 11.8 Å². The molecule has 2 aromatic heterocycles. The Labute approximate surface area is 138 Å². The van der Waals surface area contributed by atoms with Crippen molar-refractivity contribution in [1.29, 1.82) is 0 Å². The van der Waals surface area contributed by atoms with Crippen LogP contribution < -0.4 is 10.6 Å². The average Bonchev–Trinajstić information content (AvgIpc) is 2.63. The zero-order valence-corrected chi connectivity index (χ0v) is 12.8. The summed E-state index contributed by atoms with van der Waals surface area (Å²) in [5.41, 5.74) is 0. The van der Waals surface area contributed by atoms with Gasteiger partial charge in [-0.1, -0.05) is 12.2 Å². The van der Waals surface area contributed by atoms with E-state index in [9.17, 15) is 9.59 Å². The fourth-order valence-corrected chi connectivity index (χ4v) is 2.53. The number of anilines is 2. The highest BCUT2D eigenvalue weighted by molar-refractivity contribution is 5.98. The van der Waals surface area contributed by atoms with Crippen molar-refractivity contribution < 1.29 is 9.59 Å². The molecule has 1 aliphatic rings. The SMILES string of the molecule is O=C(Nc1ncccn1)[C@H]1CC=CC[C@H]1C(=O)Nc1ncccn1. The molecule has 2 N–H and O–H groups in total. The van der Waals surface area contributed by atoms with Crippen LogP contribution in [0.25, 0.3) is 0 Å². The monoisotopic (exact) mass is 324 g/mol. The molecular formula is C16H16N6O2. The van der Waals surface area contributed by atoms with Crippen LogP contribution >= 0.6 is 0 Å². The van der Waals surface area contributed by atoms with Gasteiger partial charge in [0.15, 0.2) is 0 Å². The molecule has 2 heterocycles. The molecule has 2 atom stereocenters. The summed E-state index contributed by atoms with van der Waals surface area (Å²) in [5.74, 6) is -1.10. The standard InChI is InChI=1S/C16H16N6O2/c23-13(21-15-17-7-3-8-18-15)11-5-1-2-6-12(11)14(24)22-16-19-9-4-10-20-16/h1-4,7-12H,5-6H2,(H,17,18,21,23)(H,19,20,22,24)/t11-,12+. The van der Waals surface area contributed by atoms with E-state index in [4.69, 9.17) is 0 Å². The number of nitrogens with one attached hydrogen (secondary N) is 2. The van der Waals surface area contributed by atoms with Gasteiger partial charge in [0.1, 0.15) is 0 Å². The van der Waals surface area contributed by atoms with E-state index in [2.05, 4.69) is 30.6 Å². The lowest BCUT2D eigenvalue weighted by molar-refractivity contribution is -0.129. The predicted octanol–water partition coefficient (Wildman–Crippen LogP) is 1.43. The number of carbonyl (C=O) groups is 2. The molecule has 0 fully saturated rings. The Balaban J connectivity index is 1.70. The molecule has 0 radical (unpaired) electrons. The van der Waals surface area contributed by atoms with E-state index < -0.39 is 11.8 Å². The molecule has 8 nitrogen and oxygen atoms in total. The molecule has 2 aromatic rings. The van der Waals surface area contributed by atoms with Crippen LogP contribution in [-0.2, 0) is 9.59 Å². The number of aromatic nitrogens is 4. The lowest BCUT2D eigenvalue weighted by atomic mass is 9.81. The zero-order chi connectivity index (χ0) is 16.8. The van der Waals surface area contributed by atoms with E-state index in [1.54, 1.807) is 36.9 Å². The molecule has 1 aliphatic carbocycles. The molecule has 0 saturated carbocycles. The highest BCUT2D eigenvalue weighted by atomic mass is 16.2. The minimum Gasteiger partial charge on any atom is -0.294 e. The second-order valence-corrected chi connectivity index (χ2v) is 5.28. The summed E-state index contributed by atoms with van der Waals surface area (Å²) >= 11 is 0. The Kier molecular flexibility index (Phi) is 4.85. The van der Waals surface area contributed by atoms with Crippen molar-refractivity contribution in [3.05, 3.63) is 49.1 Å². The van der Waals surface area contributed by atoms with Crippen LogP contribution in [0.1, 0.15) is 12.8 Å². The van der Waals surface area contributed by atoms with Gasteiger partial charge in [-0.05, 0) is 25.0 Å². The van der Waals surface area contributed by atoms with Crippen molar-refractivity contribution in [2.75, 3.05) is 10.6 Å². The maximum absolute atomic E-state index is 12.5. The van der Waals surface area contributed by atoms with Crippen LogP contribution in [0, 0.1) is 11.8 Å². The van der Waals surface area contributed by atoms with Gasteiger partial charge in [-0.2, -0.15) is 0 Å². The quantitative estimate of drug-likeness (QED) is 0.823. The molecule has 8 heteroatoms. The smallest absolute Gasteiger partial charge is 0.230 e. The number of amides is 2. The fourth-order valence-electron chi connectivity index (χ4n) is 2.53. The number of hydrogen-bond acceptors (Lipinski definition) is 6. The van der Waals surface area contributed by atoms with Crippen LogP contribution in [0.4, 0.5) is 11.9 Å². The van der Waals surface area contributed by atoms with Crippen LogP contribution in [0.5, 0.6) is 0 Å². The van der Waals surface area contributed by atoms with Gasteiger partial charge in [-0.25, -0.2) is 19.9 Å². The third kappa shape index (κ3) is 3.78. The van der Waals surface area contributed by atoms with E-state index in [0.717, 1.165) is 0 Å². The first-order valence-electron chi connectivity index (χ1n) is 7.55. The molecule has 24 heavy (non-hydrogen) atoms. The molecule has 0 unspecified atom stereocenters. The minimum atomic E-state index is -0.498. The number of rotatable bonds is 4. The van der Waals surface area contributed by atoms with Gasteiger partial charge < -0.3 is 0 Å². The van der Waals surface area contributed by atoms with E-state index in [1.165, 1.54) is 0 Å². The second kappa shape index (κ2) is 7.40. The van der Waals surface area contributed by atoms with Crippen LogP contribution in [0.2, 0.25) is 0 Å². The number of carbonyl (C=O) groups excluding carboxylic acids is 2. The van der Waals surface area contributed by atoms with Gasteiger partial charge in [0.25, 0.3) is 0 Å². The summed E-state index contributed by atoms with van der Waals surface area (Å²) in [6.45, 7) is 0. The van der Waals surface area contributed by atoms with E-state index >= 15 is 0 Å². The van der Waals surface area contributed by atoms with Gasteiger partial charge in [-0.3, -0.25) is 20.2 Å². The van der Waals surface area contributed by atoms with Crippen LogP contribution in [0.15, 0.2) is 49.1 Å². The Bertz CT molecular complexity index is 671. The first-order chi connectivity index (χ1) is 11.7. The minimum absolute atomic E-state index is 0.225. The number of nitrogens with zero attached hydrogens (tertiary/aromatic N) is 4. The molecule has 0 bridgehead atoms. The Hall–Kier alpha value is -3.16. The van der Waals surface area contributed by atoms with Gasteiger partial charge in [0.2, 0.25) is 23.7 Å². The maximum atomic E-state index is 12.5. The molecule has 2 amide bonds. The van der Waals surface area contributed by atoms with Crippen molar-refractivity contribution in [3.8, 4) is 0 Å². The first kappa shape index (κ1) is 15.7. The van der Waals surface area contributed by atoms with Crippen molar-refractivity contribution in [2.24, 2.45) is 11.8 Å². The van der Waals surface area contributed by atoms with Gasteiger partial charge in [-0.15, -0.1) is 0 Å². The molecule has 3 rings (SSSR count). The zero-order valence-electron chi connectivity index (χ0n) is 12.8. The summed E-state index contributed by atoms with van der Waals surface area (Å²) in [6.07, 6.45) is 10.9. The van der Waals surface area contributed by atoms with Crippen molar-refractivity contribution >= 4 is 23.7 Å². The molecule has 0 aromatic carbocycles. The van der Waals surface area contributed by atoms with Crippen LogP contribution in [0.3, 0.4) is 0 Å². The Morgan fingerprint density at radius 3 is 1.50 bits per heavy atom. The predicted molar refractivity (Wildman–Crippen MR) is 86.7 cm³/mol. The summed E-state index contributed by atoms with van der Waals surface area (Å²) in [7, 11) is 0. The van der Waals surface area contributed by atoms with Crippen LogP contribution in [-0.4, -0.2) is 31.8 Å². The van der Waals surface area contributed by atoms with E-state index in [0.29, 0.717) is 12.8 Å². The van der Waals surface area contributed by atoms with E-state index in [-0.39, 0.29) is 23.7 Å². The second-order valence-electron chi connectivity index (χ2n) is 5.28. The fraction of sp³-hybridized carbons (Fsp3) is 0.250. The summed E-state index contributed by atoms with van der Waals surface area (Å²) in [5, 5.41) is 5.31. The normalized spacial score (nSPS) is 19.5. The average molecular weight is 324 g/mol. The molecular weight excluding hydrogens is 308 g/mol. The Morgan fingerprint density at radius 2 is 1.12 bits per heavy atom. The van der Waals surface area contributed by atoms with Gasteiger partial charge >= 0.3 is 0 Å². The van der Waals surface area contributed by atoms with E-state index in [1.807, 2.05) is 12.2 Å². The van der Waals surface area contributed by atoms with Crippen molar-refractivity contribution in [3.63, 3.8) is 0 Å². The van der Waals surface area contributed by atoms with Crippen molar-refractivity contribution in [1.82, 2.24) is 19.9 Å². The number of hydrogen-bond donors (Lipinski definition) is 2. The molecule has 0 spiro atoms. The third-order valence-electron chi connectivity index (χ3n) is 3.71. The molecule has 0 saturated heterocycles. The number of allylic oxidation sites excluding steroid dienone is 2. The third-order valence-corrected chi connectivity index (χ3v) is 3.71. The first-order valence-corrected chi connectivity index (χ1v) is 7.55. The van der Waals surface area contributed by atoms with Gasteiger partial charge in [0, 0.05) is 24.8 Å². The van der Waals surface area contributed by atoms with Crippen molar-refractivity contribution in [2.45, 2.75) is 12.8 Å². The topological polar surface area (TPSA) is 110 Å². The Morgan fingerprint density at radius 1 is 0.750 bits per heavy atom. The maximum Gasteiger partial charge on any atom is 0.230 e. The lowest BCUT2D eigenvalue weighted by Gasteiger charge is -2.26. The summed E-state index contributed by atoms with van der Waals surface area (Å²) < 4.78 is 0. The molecule has 0 aliphatic heterocycles. The highest BCUT2D eigenvalue weighted by Crippen LogP contribution is 2.27.